The van der Waals surface area contributed by atoms with E-state index in [1.807, 2.05) is 0 Å². The van der Waals surface area contributed by atoms with Gasteiger partial charge in [-0.05, 0) is 142 Å². The van der Waals surface area contributed by atoms with E-state index in [-0.39, 0.29) is 0 Å². The van der Waals surface area contributed by atoms with Crippen LogP contribution >= 0.6 is 28.6 Å². The normalized spacial score (nSPS) is 12.5. The Hall–Kier alpha value is -8.52. The van der Waals surface area contributed by atoms with Crippen LogP contribution in [0.15, 0.2) is 182 Å². The average molecular weight is 1290 g/mol. The molecule has 12 aromatic rings. The van der Waals surface area contributed by atoms with Gasteiger partial charge in [0.25, 0.3) is 0 Å². The molecule has 88 heavy (non-hydrogen) atoms. The van der Waals surface area contributed by atoms with E-state index in [0.29, 0.717) is 146 Å². The first kappa shape index (κ1) is 59.8. The van der Waals surface area contributed by atoms with Crippen molar-refractivity contribution in [2.45, 2.75) is 0 Å². The molecule has 0 saturated carbocycles. The first-order chi connectivity index (χ1) is 41.6. The molecule has 0 bridgehead atoms. The monoisotopic (exact) mass is 1290 g/mol. The minimum Gasteiger partial charge on any atom is -0.309 e. The second-order valence-corrected chi connectivity index (χ2v) is 31.3. The third kappa shape index (κ3) is 9.94. The average Bonchev–Trinajstić information content (AvgIpc) is 0.737. The van der Waals surface area contributed by atoms with Crippen molar-refractivity contribution in [3.05, 3.63) is 275 Å². The second-order valence-electron chi connectivity index (χ2n) is 20.4. The third-order valence-corrected chi connectivity index (χ3v) is 26.9. The molecule has 0 amide bonds. The summed E-state index contributed by atoms with van der Waals surface area (Å²) in [5.41, 5.74) is 0. The lowest BCUT2D eigenvalue weighted by molar-refractivity contribution is 0.577. The highest BCUT2D eigenvalue weighted by atomic mass is 31.2. The molecule has 0 aliphatic heterocycles. The summed E-state index contributed by atoms with van der Waals surface area (Å²) in [6.07, 6.45) is 0. The van der Waals surface area contributed by atoms with Crippen LogP contribution in [0.5, 0.6) is 0 Å². The Morgan fingerprint density at radius 2 is 0.284 bits per heavy atom. The maximum absolute atomic E-state index is 17.0. The molecule has 0 atom stereocenters. The molecule has 0 saturated heterocycles. The molecular formula is C64H30F16O4P4. The molecule has 0 radical (unpaired) electrons. The fraction of sp³-hybridized carbons (Fsp3) is 0. The molecule has 12 rings (SSSR count). The van der Waals surface area contributed by atoms with Gasteiger partial charge in [0.15, 0.2) is 28.6 Å². The zero-order valence-electron chi connectivity index (χ0n) is 43.8. The highest BCUT2D eigenvalue weighted by Crippen LogP contribution is 2.55. The van der Waals surface area contributed by atoms with Crippen LogP contribution in [0.1, 0.15) is 0 Å². The Labute approximate surface area is 486 Å². The van der Waals surface area contributed by atoms with Gasteiger partial charge < -0.3 is 18.3 Å². The summed E-state index contributed by atoms with van der Waals surface area (Å²) in [5.74, 6) is -23.5. The van der Waals surface area contributed by atoms with Gasteiger partial charge in [-0.25, -0.2) is 70.2 Å². The molecule has 0 N–H and O–H groups in total. The van der Waals surface area contributed by atoms with Crippen LogP contribution in [0.2, 0.25) is 0 Å². The first-order valence-corrected chi connectivity index (χ1v) is 32.3. The predicted molar refractivity (Wildman–Crippen MR) is 307 cm³/mol. The van der Waals surface area contributed by atoms with Gasteiger partial charge in [-0.3, -0.25) is 0 Å². The lowest BCUT2D eigenvalue weighted by atomic mass is 9.94. The van der Waals surface area contributed by atoms with E-state index in [9.17, 15) is 0 Å². The Bertz CT molecular complexity index is 4180. The summed E-state index contributed by atoms with van der Waals surface area (Å²) in [7, 11) is -22.4. The molecular weight excluding hydrogens is 1260 g/mol. The van der Waals surface area contributed by atoms with E-state index in [4.69, 9.17) is 0 Å². The van der Waals surface area contributed by atoms with Crippen LogP contribution < -0.4 is 63.7 Å². The largest absolute Gasteiger partial charge is 0.309 e. The maximum atomic E-state index is 17.0. The van der Waals surface area contributed by atoms with Crippen molar-refractivity contribution in [1.82, 2.24) is 0 Å². The van der Waals surface area contributed by atoms with Crippen molar-refractivity contribution >= 4 is 125 Å². The van der Waals surface area contributed by atoms with Gasteiger partial charge in [0.1, 0.15) is 93.1 Å². The molecule has 0 unspecified atom stereocenters. The van der Waals surface area contributed by atoms with Gasteiger partial charge in [-0.2, -0.15) is 0 Å². The zero-order chi connectivity index (χ0) is 62.8. The van der Waals surface area contributed by atoms with Crippen molar-refractivity contribution in [2.75, 3.05) is 0 Å². The Balaban J connectivity index is 1.41. The van der Waals surface area contributed by atoms with E-state index in [1.54, 1.807) is 0 Å². The van der Waals surface area contributed by atoms with Crippen molar-refractivity contribution in [1.29, 1.82) is 0 Å². The van der Waals surface area contributed by atoms with Crippen LogP contribution in [0.4, 0.5) is 70.2 Å². The summed E-state index contributed by atoms with van der Waals surface area (Å²) in [4.78, 5) is 0. The first-order valence-electron chi connectivity index (χ1n) is 25.5. The molecule has 4 nitrogen and oxygen atoms in total. The Morgan fingerprint density at radius 3 is 0.398 bits per heavy atom. The molecule has 0 aliphatic rings. The summed E-state index contributed by atoms with van der Waals surface area (Å²) in [5, 5.41) is -14.4. The third-order valence-electron chi connectivity index (χ3n) is 14.9. The lowest BCUT2D eigenvalue weighted by Gasteiger charge is -2.30. The number of benzene rings is 12. The van der Waals surface area contributed by atoms with E-state index in [2.05, 4.69) is 0 Å². The van der Waals surface area contributed by atoms with E-state index in [1.165, 1.54) is 0 Å². The minimum atomic E-state index is -5.61. The van der Waals surface area contributed by atoms with E-state index in [0.717, 1.165) is 36.4 Å². The molecule has 0 aliphatic carbocycles. The molecule has 0 fully saturated rings. The zero-order valence-corrected chi connectivity index (χ0v) is 47.4. The van der Waals surface area contributed by atoms with Crippen molar-refractivity contribution in [3.8, 4) is 0 Å². The number of hydrogen-bond acceptors (Lipinski definition) is 4. The van der Waals surface area contributed by atoms with Crippen LogP contribution in [0.25, 0.3) is 32.3 Å². The summed E-state index contributed by atoms with van der Waals surface area (Å²) in [6, 6.07) is 15.5. The van der Waals surface area contributed by atoms with Gasteiger partial charge in [0.05, 0.1) is 0 Å². The van der Waals surface area contributed by atoms with Gasteiger partial charge >= 0.3 is 0 Å². The van der Waals surface area contributed by atoms with E-state index < -0.39 is 218 Å². The highest BCUT2D eigenvalue weighted by Gasteiger charge is 2.44. The molecule has 0 aromatic heterocycles. The van der Waals surface area contributed by atoms with Gasteiger partial charge in [0, 0.05) is 112 Å². The number of halogens is 16. The lowest BCUT2D eigenvalue weighted by Crippen LogP contribution is -2.34. The van der Waals surface area contributed by atoms with Crippen molar-refractivity contribution in [3.63, 3.8) is 0 Å². The van der Waals surface area contributed by atoms with Crippen molar-refractivity contribution < 1.29 is 88.5 Å². The topological polar surface area (TPSA) is 68.3 Å². The molecule has 0 spiro atoms. The Kier molecular flexibility index (Phi) is 14.7. The van der Waals surface area contributed by atoms with Gasteiger partial charge in [-0.15, -0.1) is 0 Å². The van der Waals surface area contributed by atoms with Gasteiger partial charge in [0.2, 0.25) is 0 Å². The summed E-state index contributed by atoms with van der Waals surface area (Å²) in [6.45, 7) is 0. The van der Waals surface area contributed by atoms with Crippen LogP contribution in [-0.4, -0.2) is 0 Å². The summed E-state index contributed by atoms with van der Waals surface area (Å²) >= 11 is 0. The molecule has 24 heteroatoms. The number of rotatable bonds is 12. The fourth-order valence-corrected chi connectivity index (χ4v) is 23.3. The molecule has 0 heterocycles. The maximum Gasteiger partial charge on any atom is 0.172 e. The standard InChI is InChI=1S/C64H30F16O4P4/c65-31-5-32(66)14-47(13-31)85(81,48-15-33(67)6-34(68)16-48)59-29-61(87(83,51-21-39(73)9-40(74)22-51)52-23-41(75)10-42(76)24-52)57-3-4-58-62(88(84,53-25-43(77)11-44(78)26-53)54-27-45(79)12-46(80)28-54)30-60(56-2-1-55(59)63(57)64(56)58)86(82,49-17-35(69)7-36(70)18-49)50-19-37(71)8-38(72)20-50/h1-30H. The van der Waals surface area contributed by atoms with E-state index >= 15 is 88.5 Å². The smallest absolute Gasteiger partial charge is 0.172 e. The minimum absolute atomic E-state index is 0.310. The van der Waals surface area contributed by atoms with Crippen LogP contribution in [0.3, 0.4) is 0 Å². The fourth-order valence-electron chi connectivity index (χ4n) is 11.4. The van der Waals surface area contributed by atoms with Crippen molar-refractivity contribution in [2.24, 2.45) is 0 Å². The van der Waals surface area contributed by atoms with Crippen LogP contribution in [-0.2, 0) is 18.3 Å². The SMILES string of the molecule is O=P(c1cc(F)cc(F)c1)(c1cc(F)cc(F)c1)c1cc(P(=O)(c2cc(F)cc(F)c2)c2cc(F)cc(F)c2)c2ccc3c(P(=O)(c4cc(F)cc(F)c4)c4cc(F)cc(F)c4)cc(P(=O)(c4cc(F)cc(F)c4)c4cc(F)cc(F)c4)c4ccc1c2c43. The quantitative estimate of drug-likeness (QED) is 0.0694. The van der Waals surface area contributed by atoms with Gasteiger partial charge in [-0.1, -0.05) is 24.3 Å². The number of hydrogen-bond donors (Lipinski definition) is 0. The Morgan fingerprint density at radius 1 is 0.170 bits per heavy atom. The molecule has 442 valence electrons. The highest BCUT2D eigenvalue weighted by molar-refractivity contribution is 7.88. The molecule has 12 aromatic carbocycles. The van der Waals surface area contributed by atoms with Crippen LogP contribution in [0, 0.1) is 93.1 Å². The second kappa shape index (κ2) is 21.7. The predicted octanol–water partition coefficient (Wildman–Crippen LogP) is 13.4. The summed E-state index contributed by atoms with van der Waals surface area (Å²) < 4.78 is 321.